The number of aryl methyl sites for hydroxylation is 3. The van der Waals surface area contributed by atoms with Gasteiger partial charge in [-0.2, -0.15) is 5.10 Å². The molecule has 8 nitrogen and oxygen atoms in total. The predicted octanol–water partition coefficient (Wildman–Crippen LogP) is 5.80. The van der Waals surface area contributed by atoms with Crippen molar-refractivity contribution in [3.63, 3.8) is 0 Å². The smallest absolute Gasteiger partial charge is 0.253 e. The normalized spacial score (nSPS) is 14.1. The van der Waals surface area contributed by atoms with Gasteiger partial charge >= 0.3 is 0 Å². The van der Waals surface area contributed by atoms with E-state index in [0.717, 1.165) is 57.4 Å². The minimum atomic E-state index is -0.247. The summed E-state index contributed by atoms with van der Waals surface area (Å²) in [6, 6.07) is 22.4. The van der Waals surface area contributed by atoms with E-state index in [1.807, 2.05) is 60.5 Å². The number of likely N-dealkylation sites (tertiary alicyclic amines) is 1. The zero-order valence-corrected chi connectivity index (χ0v) is 25.0. The van der Waals surface area contributed by atoms with Crippen LogP contribution in [0.25, 0.3) is 33.2 Å². The zero-order valence-electron chi connectivity index (χ0n) is 25.0. The van der Waals surface area contributed by atoms with E-state index in [-0.39, 0.29) is 23.2 Å². The number of hydrogen-bond acceptors (Lipinski definition) is 4. The average molecular weight is 589 g/mol. The van der Waals surface area contributed by atoms with Crippen LogP contribution in [-0.2, 0) is 20.6 Å². The maximum atomic E-state index is 14.0. The van der Waals surface area contributed by atoms with E-state index in [2.05, 4.69) is 10.6 Å². The van der Waals surface area contributed by atoms with Crippen LogP contribution >= 0.6 is 0 Å². The van der Waals surface area contributed by atoms with E-state index in [9.17, 15) is 14.0 Å². The summed E-state index contributed by atoms with van der Waals surface area (Å²) in [7, 11) is 3.61. The number of fused-ring (bicyclic) bond motifs is 2. The molecule has 1 saturated heterocycles. The highest BCUT2D eigenvalue weighted by Gasteiger charge is 2.29. The summed E-state index contributed by atoms with van der Waals surface area (Å²) in [5, 5.41) is 5.66. The number of nitrogens with zero attached hydrogens (tertiary/aromatic N) is 6. The molecule has 1 aliphatic rings. The van der Waals surface area contributed by atoms with Gasteiger partial charge in [0.15, 0.2) is 0 Å². The molecule has 0 unspecified atom stereocenters. The Hall–Kier alpha value is -5.05. The number of benzene rings is 3. The van der Waals surface area contributed by atoms with Crippen LogP contribution in [0.2, 0.25) is 0 Å². The first kappa shape index (κ1) is 27.8. The number of pyridine rings is 1. The third-order valence-corrected chi connectivity index (χ3v) is 8.80. The average Bonchev–Trinajstić information content (AvgIpc) is 3.56. The molecule has 3 aromatic heterocycles. The van der Waals surface area contributed by atoms with Crippen molar-refractivity contribution in [3.8, 4) is 11.3 Å². The fraction of sp³-hybridized carbons (Fsp3) is 0.257. The number of imidazole rings is 1. The van der Waals surface area contributed by atoms with Crippen molar-refractivity contribution in [2.24, 2.45) is 14.1 Å². The second-order valence-corrected chi connectivity index (χ2v) is 11.8. The fourth-order valence-corrected chi connectivity index (χ4v) is 6.52. The third-order valence-electron chi connectivity index (χ3n) is 8.80. The van der Waals surface area contributed by atoms with Crippen LogP contribution in [-0.4, -0.2) is 47.8 Å². The monoisotopic (exact) mass is 588 g/mol. The number of aromatic nitrogens is 5. The maximum absolute atomic E-state index is 14.0. The van der Waals surface area contributed by atoms with Gasteiger partial charge in [-0.15, -0.1) is 0 Å². The highest BCUT2D eigenvalue weighted by Crippen LogP contribution is 2.33. The van der Waals surface area contributed by atoms with Crippen molar-refractivity contribution in [2.45, 2.75) is 32.2 Å². The van der Waals surface area contributed by atoms with Crippen molar-refractivity contribution in [2.75, 3.05) is 13.1 Å². The van der Waals surface area contributed by atoms with Gasteiger partial charge in [0.25, 0.3) is 11.5 Å². The molecular formula is C35H33FN6O2. The van der Waals surface area contributed by atoms with Gasteiger partial charge in [0, 0.05) is 67.9 Å². The summed E-state index contributed by atoms with van der Waals surface area (Å²) in [6.07, 6.45) is 3.39. The molecule has 222 valence electrons. The number of amides is 1. The molecule has 7 rings (SSSR count). The van der Waals surface area contributed by atoms with Gasteiger partial charge in [-0.25, -0.2) is 9.37 Å². The van der Waals surface area contributed by atoms with Crippen molar-refractivity contribution in [1.29, 1.82) is 0 Å². The molecule has 1 aliphatic heterocycles. The Bertz CT molecular complexity index is 2090. The molecule has 0 N–H and O–H groups in total. The van der Waals surface area contributed by atoms with Crippen molar-refractivity contribution < 1.29 is 9.18 Å². The standard InChI is InChI=1S/C35H33FN6O2/c1-22-17-26(21-39(2)34(22)43)32-28-12-11-25(19-31(28)40(3)38-32)35(44)41-15-13-24(14-16-41)33-37-29-9-4-5-10-30(29)42(33)20-23-7-6-8-27(36)18-23/h4-12,17-19,21,24H,13-16,20H2,1-3H3. The lowest BCUT2D eigenvalue weighted by Gasteiger charge is -2.32. The molecule has 0 atom stereocenters. The Morgan fingerprint density at radius 1 is 0.955 bits per heavy atom. The first-order valence-corrected chi connectivity index (χ1v) is 14.9. The van der Waals surface area contributed by atoms with Crippen LogP contribution in [0.15, 0.2) is 83.8 Å². The van der Waals surface area contributed by atoms with Crippen LogP contribution in [0.3, 0.4) is 0 Å². The lowest BCUT2D eigenvalue weighted by molar-refractivity contribution is 0.0710. The number of carbonyl (C=O) groups is 1. The fourth-order valence-electron chi connectivity index (χ4n) is 6.52. The van der Waals surface area contributed by atoms with Gasteiger partial charge in [-0.3, -0.25) is 14.3 Å². The number of para-hydroxylation sites is 2. The summed E-state index contributed by atoms with van der Waals surface area (Å²) in [6.45, 7) is 3.59. The van der Waals surface area contributed by atoms with Crippen LogP contribution in [0.1, 0.15) is 46.1 Å². The molecule has 0 spiro atoms. The Balaban J connectivity index is 1.12. The molecule has 6 aromatic rings. The molecule has 9 heteroatoms. The SMILES string of the molecule is Cc1cc(-c2nn(C)c3cc(C(=O)N4CCC(c5nc6ccccc6n5Cc5cccc(F)c5)CC4)ccc23)cn(C)c1=O. The molecule has 0 saturated carbocycles. The predicted molar refractivity (Wildman–Crippen MR) is 169 cm³/mol. The Morgan fingerprint density at radius 2 is 1.75 bits per heavy atom. The molecule has 1 fully saturated rings. The lowest BCUT2D eigenvalue weighted by Crippen LogP contribution is -2.38. The van der Waals surface area contributed by atoms with Gasteiger partial charge in [0.2, 0.25) is 0 Å². The van der Waals surface area contributed by atoms with Crippen LogP contribution in [0.4, 0.5) is 4.39 Å². The summed E-state index contributed by atoms with van der Waals surface area (Å²) in [5.74, 6) is 0.926. The Kier molecular flexibility index (Phi) is 6.88. The van der Waals surface area contributed by atoms with Gasteiger partial charge in [-0.05, 0) is 73.9 Å². The summed E-state index contributed by atoms with van der Waals surface area (Å²) in [4.78, 5) is 32.8. The molecule has 4 heterocycles. The second-order valence-electron chi connectivity index (χ2n) is 11.8. The van der Waals surface area contributed by atoms with Gasteiger partial charge in [-0.1, -0.05) is 24.3 Å². The van der Waals surface area contributed by atoms with Crippen LogP contribution in [0.5, 0.6) is 0 Å². The largest absolute Gasteiger partial charge is 0.339 e. The highest BCUT2D eigenvalue weighted by molar-refractivity contribution is 6.01. The number of carbonyl (C=O) groups excluding carboxylic acids is 1. The molecule has 0 radical (unpaired) electrons. The lowest BCUT2D eigenvalue weighted by atomic mass is 9.95. The summed E-state index contributed by atoms with van der Waals surface area (Å²) in [5.41, 5.74) is 6.59. The first-order valence-electron chi connectivity index (χ1n) is 14.9. The van der Waals surface area contributed by atoms with Crippen molar-refractivity contribution in [3.05, 3.63) is 118 Å². The van der Waals surface area contributed by atoms with E-state index in [1.165, 1.54) is 6.07 Å². The van der Waals surface area contributed by atoms with Gasteiger partial charge in [0.1, 0.15) is 17.3 Å². The van der Waals surface area contributed by atoms with Crippen molar-refractivity contribution in [1.82, 2.24) is 28.8 Å². The molecule has 0 aliphatic carbocycles. The number of halogens is 1. The van der Waals surface area contributed by atoms with Crippen molar-refractivity contribution >= 4 is 27.8 Å². The minimum Gasteiger partial charge on any atom is -0.339 e. The van der Waals surface area contributed by atoms with E-state index in [4.69, 9.17) is 10.1 Å². The van der Waals surface area contributed by atoms with Crippen LogP contribution < -0.4 is 5.56 Å². The quantitative estimate of drug-likeness (QED) is 0.255. The second kappa shape index (κ2) is 10.9. The summed E-state index contributed by atoms with van der Waals surface area (Å²) >= 11 is 0. The molecule has 0 bridgehead atoms. The Labute approximate surface area is 254 Å². The Morgan fingerprint density at radius 3 is 2.52 bits per heavy atom. The number of hydrogen-bond donors (Lipinski definition) is 0. The maximum Gasteiger partial charge on any atom is 0.253 e. The van der Waals surface area contributed by atoms with Crippen LogP contribution in [0, 0.1) is 12.7 Å². The number of rotatable bonds is 5. The molecule has 44 heavy (non-hydrogen) atoms. The molecular weight excluding hydrogens is 555 g/mol. The molecule has 1 amide bonds. The van der Waals surface area contributed by atoms with Gasteiger partial charge in [0.05, 0.1) is 16.6 Å². The van der Waals surface area contributed by atoms with Gasteiger partial charge < -0.3 is 14.0 Å². The van der Waals surface area contributed by atoms with E-state index >= 15 is 0 Å². The minimum absolute atomic E-state index is 0.000633. The first-order chi connectivity index (χ1) is 21.3. The van der Waals surface area contributed by atoms with E-state index < -0.39 is 0 Å². The van der Waals surface area contributed by atoms with E-state index in [1.54, 1.807) is 41.5 Å². The third kappa shape index (κ3) is 4.88. The van der Waals surface area contributed by atoms with E-state index in [0.29, 0.717) is 30.8 Å². The summed E-state index contributed by atoms with van der Waals surface area (Å²) < 4.78 is 19.5. The number of piperidine rings is 1. The highest BCUT2D eigenvalue weighted by atomic mass is 19.1. The zero-order chi connectivity index (χ0) is 30.5. The molecule has 3 aromatic carbocycles. The topological polar surface area (TPSA) is 78.0 Å².